The number of hydrogen-bond acceptors (Lipinski definition) is 9. The molecule has 1 aromatic heterocycles. The number of hydrogen-bond donors (Lipinski definition) is 1. The molecule has 0 unspecified atom stereocenters. The van der Waals surface area contributed by atoms with Crippen molar-refractivity contribution >= 4 is 28.0 Å². The maximum atomic E-state index is 11.6. The third-order valence-electron chi connectivity index (χ3n) is 7.60. The van der Waals surface area contributed by atoms with Crippen molar-refractivity contribution in [2.24, 2.45) is 0 Å². The van der Waals surface area contributed by atoms with Crippen molar-refractivity contribution in [3.63, 3.8) is 0 Å². The number of ether oxygens (including phenoxy) is 2. The summed E-state index contributed by atoms with van der Waals surface area (Å²) in [5.74, 6) is 3.05. The smallest absolute Gasteiger partial charge is 0.161 e. The van der Waals surface area contributed by atoms with E-state index in [1.807, 2.05) is 12.1 Å². The van der Waals surface area contributed by atoms with Gasteiger partial charge in [0.15, 0.2) is 5.82 Å². The van der Waals surface area contributed by atoms with Crippen LogP contribution < -0.4 is 15.0 Å². The monoisotopic (exact) mass is 544 g/mol. The molecule has 0 amide bonds. The van der Waals surface area contributed by atoms with Crippen LogP contribution in [-0.4, -0.2) is 82.1 Å². The fraction of sp³-hybridized carbons (Fsp3) is 0.414. The van der Waals surface area contributed by atoms with E-state index in [0.29, 0.717) is 40.5 Å². The van der Waals surface area contributed by atoms with Gasteiger partial charge in [-0.3, -0.25) is 9.11 Å². The van der Waals surface area contributed by atoms with Crippen LogP contribution in [0.1, 0.15) is 18.4 Å². The normalized spacial score (nSPS) is 22.1. The lowest BCUT2D eigenvalue weighted by Crippen LogP contribution is -2.56. The number of nitriles is 1. The van der Waals surface area contributed by atoms with Gasteiger partial charge in [-0.1, -0.05) is 0 Å². The molecule has 0 atom stereocenters. The largest absolute Gasteiger partial charge is 0.489 e. The van der Waals surface area contributed by atoms with E-state index in [9.17, 15) is 9.47 Å². The Morgan fingerprint density at radius 1 is 1.03 bits per heavy atom. The van der Waals surface area contributed by atoms with Crippen molar-refractivity contribution < 1.29 is 13.7 Å². The molecule has 10 heteroatoms. The summed E-state index contributed by atoms with van der Waals surface area (Å²) >= 11 is 0. The summed E-state index contributed by atoms with van der Waals surface area (Å²) in [4.78, 5) is 14.1. The maximum absolute atomic E-state index is 11.6. The van der Waals surface area contributed by atoms with Gasteiger partial charge >= 0.3 is 0 Å². The predicted octanol–water partition coefficient (Wildman–Crippen LogP) is 3.57. The lowest BCUT2D eigenvalue weighted by atomic mass is 10.1. The molecule has 3 saturated heterocycles. The average Bonchev–Trinajstić information content (AvgIpc) is 2.95. The Kier molecular flexibility index (Phi) is 7.72. The van der Waals surface area contributed by atoms with Crippen LogP contribution in [-0.2, 0) is 15.5 Å². The minimum Gasteiger partial charge on any atom is -0.489 e. The lowest BCUT2D eigenvalue weighted by molar-refractivity contribution is -0.0660. The van der Waals surface area contributed by atoms with Gasteiger partial charge in [0, 0.05) is 71.6 Å². The quantitative estimate of drug-likeness (QED) is 0.478. The van der Waals surface area contributed by atoms with Crippen molar-refractivity contribution in [2.75, 3.05) is 61.1 Å². The standard InChI is InChI=1S/C29H32N6O3S/c30-18-22-17-21(1-6-27(22)38-26-8-15-39(36)16-9-26)29-31-10-7-28(33-29)32-23-2-4-24(5-3-23)34-11-13-35(14-12-34)25-19-37-20-25/h1-7,10,17,25-26H,8-9,11-16,19-20H2,(H,31,32,33). The molecule has 3 fully saturated rings. The van der Waals surface area contributed by atoms with Crippen molar-refractivity contribution in [3.8, 4) is 23.2 Å². The third-order valence-corrected chi connectivity index (χ3v) is 8.98. The van der Waals surface area contributed by atoms with Crippen LogP contribution in [0.25, 0.3) is 11.4 Å². The predicted molar refractivity (Wildman–Crippen MR) is 152 cm³/mol. The summed E-state index contributed by atoms with van der Waals surface area (Å²) < 4.78 is 23.0. The molecule has 39 heavy (non-hydrogen) atoms. The second-order valence-electron chi connectivity index (χ2n) is 10.1. The Labute approximate surface area is 231 Å². The fourth-order valence-corrected chi connectivity index (χ4v) is 6.43. The molecular weight excluding hydrogens is 512 g/mol. The first-order chi connectivity index (χ1) is 19.1. The lowest BCUT2D eigenvalue weighted by Gasteiger charge is -2.43. The van der Waals surface area contributed by atoms with Crippen molar-refractivity contribution in [1.29, 1.82) is 5.26 Å². The van der Waals surface area contributed by atoms with Gasteiger partial charge in [0.1, 0.15) is 23.7 Å². The Hall–Kier alpha value is -3.52. The summed E-state index contributed by atoms with van der Waals surface area (Å²) in [6.45, 7) is 5.93. The van der Waals surface area contributed by atoms with Gasteiger partial charge in [0.25, 0.3) is 0 Å². The van der Waals surface area contributed by atoms with Crippen LogP contribution in [0.5, 0.6) is 5.75 Å². The van der Waals surface area contributed by atoms with Crippen LogP contribution >= 0.6 is 0 Å². The highest BCUT2D eigenvalue weighted by Gasteiger charge is 2.29. The van der Waals surface area contributed by atoms with E-state index in [4.69, 9.17) is 9.47 Å². The molecule has 0 spiro atoms. The van der Waals surface area contributed by atoms with E-state index in [1.54, 1.807) is 18.3 Å². The van der Waals surface area contributed by atoms with Gasteiger partial charge < -0.3 is 19.7 Å². The van der Waals surface area contributed by atoms with Gasteiger partial charge in [-0.2, -0.15) is 5.26 Å². The molecule has 3 aliphatic rings. The molecule has 3 aliphatic heterocycles. The molecule has 202 valence electrons. The molecule has 0 radical (unpaired) electrons. The van der Waals surface area contributed by atoms with Crippen molar-refractivity contribution in [2.45, 2.75) is 25.0 Å². The summed E-state index contributed by atoms with van der Waals surface area (Å²) in [6, 6.07) is 18.6. The molecule has 1 N–H and O–H groups in total. The molecule has 3 aromatic rings. The number of piperazine rings is 1. The number of aromatic nitrogens is 2. The van der Waals surface area contributed by atoms with E-state index >= 15 is 0 Å². The first-order valence-corrected chi connectivity index (χ1v) is 15.0. The molecule has 4 heterocycles. The molecule has 9 nitrogen and oxygen atoms in total. The van der Waals surface area contributed by atoms with Gasteiger partial charge in [-0.25, -0.2) is 9.97 Å². The van der Waals surface area contributed by atoms with E-state index in [2.05, 4.69) is 55.4 Å². The maximum Gasteiger partial charge on any atom is 0.161 e. The zero-order valence-corrected chi connectivity index (χ0v) is 22.6. The van der Waals surface area contributed by atoms with Crippen LogP contribution in [0, 0.1) is 11.3 Å². The fourth-order valence-electron chi connectivity index (χ4n) is 5.18. The number of rotatable bonds is 7. The molecule has 2 aromatic carbocycles. The third kappa shape index (κ3) is 6.06. The second-order valence-corrected chi connectivity index (χ2v) is 11.8. The highest BCUT2D eigenvalue weighted by Crippen LogP contribution is 2.28. The van der Waals surface area contributed by atoms with Crippen LogP contribution in [0.3, 0.4) is 0 Å². The molecule has 6 rings (SSSR count). The Balaban J connectivity index is 1.09. The minimum absolute atomic E-state index is 0.0112. The number of benzene rings is 2. The summed E-state index contributed by atoms with van der Waals surface area (Å²) in [6.07, 6.45) is 3.18. The molecule has 0 bridgehead atoms. The average molecular weight is 545 g/mol. The van der Waals surface area contributed by atoms with E-state index in [-0.39, 0.29) is 6.10 Å². The number of nitrogens with one attached hydrogen (secondary N) is 1. The second kappa shape index (κ2) is 11.7. The van der Waals surface area contributed by atoms with Crippen molar-refractivity contribution in [3.05, 3.63) is 60.3 Å². The number of anilines is 3. The van der Waals surface area contributed by atoms with E-state index < -0.39 is 10.8 Å². The minimum atomic E-state index is -0.751. The summed E-state index contributed by atoms with van der Waals surface area (Å²) in [5.41, 5.74) is 3.36. The first-order valence-electron chi connectivity index (χ1n) is 13.5. The summed E-state index contributed by atoms with van der Waals surface area (Å²) in [5, 5.41) is 13.1. The van der Waals surface area contributed by atoms with E-state index in [0.717, 1.165) is 63.5 Å². The first kappa shape index (κ1) is 25.7. The van der Waals surface area contributed by atoms with Crippen LogP contribution in [0.15, 0.2) is 54.7 Å². The summed E-state index contributed by atoms with van der Waals surface area (Å²) in [7, 11) is -0.751. The van der Waals surface area contributed by atoms with E-state index in [1.165, 1.54) is 5.69 Å². The zero-order chi connectivity index (χ0) is 26.6. The highest BCUT2D eigenvalue weighted by molar-refractivity contribution is 7.85. The number of nitrogens with zero attached hydrogens (tertiary/aromatic N) is 5. The topological polar surface area (TPSA) is 104 Å². The van der Waals surface area contributed by atoms with Gasteiger partial charge in [-0.05, 0) is 61.4 Å². The Bertz CT molecular complexity index is 1360. The molecule has 0 saturated carbocycles. The Morgan fingerprint density at radius 3 is 2.49 bits per heavy atom. The molecule has 0 aliphatic carbocycles. The highest BCUT2D eigenvalue weighted by atomic mass is 32.2. The Morgan fingerprint density at radius 2 is 1.79 bits per heavy atom. The van der Waals surface area contributed by atoms with Crippen molar-refractivity contribution in [1.82, 2.24) is 14.9 Å². The van der Waals surface area contributed by atoms with Gasteiger partial charge in [-0.15, -0.1) is 0 Å². The molecular formula is C29H32N6O3S. The van der Waals surface area contributed by atoms with Gasteiger partial charge in [0.05, 0.1) is 24.8 Å². The SMILES string of the molecule is N#Cc1cc(-c2nccc(Nc3ccc(N4CCN(C5COC5)CC4)cc3)n2)ccc1OC1CCS(=O)CC1. The van der Waals surface area contributed by atoms with Crippen LogP contribution in [0.2, 0.25) is 0 Å². The van der Waals surface area contributed by atoms with Crippen LogP contribution in [0.4, 0.5) is 17.2 Å². The zero-order valence-electron chi connectivity index (χ0n) is 21.8. The van der Waals surface area contributed by atoms with Gasteiger partial charge in [0.2, 0.25) is 0 Å².